The van der Waals surface area contributed by atoms with E-state index < -0.39 is 5.97 Å². The number of nitrogens with one attached hydrogen (secondary N) is 1. The van der Waals surface area contributed by atoms with Crippen LogP contribution in [0.4, 0.5) is 0 Å². The fraction of sp³-hybridized carbons (Fsp3) is 0.500. The minimum Gasteiger partial charge on any atom is -0.481 e. The molecule has 28 heavy (non-hydrogen) atoms. The number of nitrogens with two attached hydrogens (primary N) is 1. The first-order valence-electron chi connectivity index (χ1n) is 9.51. The van der Waals surface area contributed by atoms with Crippen LogP contribution in [0.2, 0.25) is 0 Å². The number of piperazine rings is 1. The zero-order chi connectivity index (χ0) is 20.7. The molecule has 2 amide bonds. The first-order valence-corrected chi connectivity index (χ1v) is 9.51. The number of carboxylic acid groups (broad SMARTS) is 1. The molecule has 1 aliphatic heterocycles. The van der Waals surface area contributed by atoms with Crippen molar-refractivity contribution in [2.75, 3.05) is 26.2 Å². The van der Waals surface area contributed by atoms with Crippen molar-refractivity contribution in [1.29, 1.82) is 5.41 Å². The summed E-state index contributed by atoms with van der Waals surface area (Å²) < 4.78 is 0. The number of hydrogen-bond donors (Lipinski definition) is 3. The van der Waals surface area contributed by atoms with E-state index in [1.54, 1.807) is 29.2 Å². The third kappa shape index (κ3) is 5.80. The number of rotatable bonds is 3. The van der Waals surface area contributed by atoms with Crippen LogP contribution in [0.3, 0.4) is 0 Å². The molecule has 8 nitrogen and oxygen atoms in total. The van der Waals surface area contributed by atoms with Crippen molar-refractivity contribution in [3.8, 4) is 0 Å². The predicted octanol–water partition coefficient (Wildman–Crippen LogP) is 1.54. The van der Waals surface area contributed by atoms with Gasteiger partial charge in [0.05, 0.1) is 0 Å². The monoisotopic (exact) mass is 388 g/mol. The first-order chi connectivity index (χ1) is 13.3. The van der Waals surface area contributed by atoms with Gasteiger partial charge in [0, 0.05) is 50.1 Å². The lowest BCUT2D eigenvalue weighted by atomic mass is 10.1. The van der Waals surface area contributed by atoms with Crippen molar-refractivity contribution in [3.63, 3.8) is 0 Å². The molecule has 4 N–H and O–H groups in total. The number of aliphatic carboxylic acids is 1. The molecule has 2 aliphatic rings. The van der Waals surface area contributed by atoms with Gasteiger partial charge in [-0.2, -0.15) is 0 Å². The lowest BCUT2D eigenvalue weighted by molar-refractivity contribution is -0.137. The average molecular weight is 388 g/mol. The standard InChI is InChI=1S/C18H24N4O2.C2H4O2/c19-16(20)13-5-7-15(8-6-13)18(24)22-11-9-21(10-12-22)17(23)14-3-1-2-4-14;1-2(3)4/h5-8,14H,1-4,9-12H2,(H3,19,20);1H3,(H,3,4). The van der Waals surface area contributed by atoms with Gasteiger partial charge < -0.3 is 20.6 Å². The Morgan fingerprint density at radius 3 is 1.86 bits per heavy atom. The summed E-state index contributed by atoms with van der Waals surface area (Å²) in [6.07, 6.45) is 4.34. The number of benzene rings is 1. The van der Waals surface area contributed by atoms with Gasteiger partial charge in [-0.3, -0.25) is 19.8 Å². The van der Waals surface area contributed by atoms with Crippen LogP contribution in [0.25, 0.3) is 0 Å². The number of carbonyl (C=O) groups is 3. The molecular formula is C20H28N4O4. The molecule has 1 saturated heterocycles. The molecule has 0 spiro atoms. The maximum Gasteiger partial charge on any atom is 0.300 e. The van der Waals surface area contributed by atoms with Crippen molar-refractivity contribution < 1.29 is 19.5 Å². The molecule has 1 saturated carbocycles. The minimum absolute atomic E-state index is 0.00645. The maximum atomic E-state index is 12.6. The van der Waals surface area contributed by atoms with Crippen LogP contribution < -0.4 is 5.73 Å². The van der Waals surface area contributed by atoms with E-state index in [9.17, 15) is 9.59 Å². The van der Waals surface area contributed by atoms with Crippen molar-refractivity contribution in [2.24, 2.45) is 11.7 Å². The van der Waals surface area contributed by atoms with Crippen molar-refractivity contribution >= 4 is 23.6 Å². The average Bonchev–Trinajstić information content (AvgIpc) is 3.21. The topological polar surface area (TPSA) is 128 Å². The Labute approximate surface area is 164 Å². The molecule has 152 valence electrons. The van der Waals surface area contributed by atoms with Crippen LogP contribution in [0.1, 0.15) is 48.5 Å². The highest BCUT2D eigenvalue weighted by molar-refractivity contribution is 5.98. The largest absolute Gasteiger partial charge is 0.481 e. The summed E-state index contributed by atoms with van der Waals surface area (Å²) in [5.74, 6) is -0.400. The van der Waals surface area contributed by atoms with E-state index in [1.807, 2.05) is 4.90 Å². The second-order valence-corrected chi connectivity index (χ2v) is 7.11. The molecule has 8 heteroatoms. The van der Waals surface area contributed by atoms with Crippen LogP contribution >= 0.6 is 0 Å². The summed E-state index contributed by atoms with van der Waals surface area (Å²) in [6, 6.07) is 6.79. The Morgan fingerprint density at radius 1 is 0.964 bits per heavy atom. The molecular weight excluding hydrogens is 360 g/mol. The highest BCUT2D eigenvalue weighted by Crippen LogP contribution is 2.27. The van der Waals surface area contributed by atoms with Crippen LogP contribution in [0, 0.1) is 11.3 Å². The van der Waals surface area contributed by atoms with Crippen molar-refractivity contribution in [1.82, 2.24) is 9.80 Å². The van der Waals surface area contributed by atoms with E-state index in [-0.39, 0.29) is 23.6 Å². The van der Waals surface area contributed by atoms with Gasteiger partial charge in [-0.1, -0.05) is 25.0 Å². The summed E-state index contributed by atoms with van der Waals surface area (Å²) in [6.45, 7) is 3.47. The van der Waals surface area contributed by atoms with Gasteiger partial charge >= 0.3 is 0 Å². The Balaban J connectivity index is 0.000000640. The molecule has 0 unspecified atom stereocenters. The zero-order valence-corrected chi connectivity index (χ0v) is 16.2. The first kappa shape index (κ1) is 21.4. The van der Waals surface area contributed by atoms with Gasteiger partial charge in [-0.25, -0.2) is 0 Å². The second kappa shape index (κ2) is 9.87. The maximum absolute atomic E-state index is 12.6. The highest BCUT2D eigenvalue weighted by atomic mass is 16.4. The van der Waals surface area contributed by atoms with Gasteiger partial charge in [-0.05, 0) is 25.0 Å². The molecule has 1 aromatic rings. The predicted molar refractivity (Wildman–Crippen MR) is 105 cm³/mol. The summed E-state index contributed by atoms with van der Waals surface area (Å²) in [5, 5.41) is 14.8. The zero-order valence-electron chi connectivity index (χ0n) is 16.2. The molecule has 1 aliphatic carbocycles. The SMILES string of the molecule is CC(=O)O.N=C(N)c1ccc(C(=O)N2CCN(C(=O)C3CCCC3)CC2)cc1. The Kier molecular flexibility index (Phi) is 7.54. The van der Waals surface area contributed by atoms with Gasteiger partial charge in [0.15, 0.2) is 0 Å². The van der Waals surface area contributed by atoms with E-state index in [1.165, 1.54) is 0 Å². The van der Waals surface area contributed by atoms with Gasteiger partial charge in [0.25, 0.3) is 11.9 Å². The van der Waals surface area contributed by atoms with E-state index in [0.717, 1.165) is 32.6 Å². The quantitative estimate of drug-likeness (QED) is 0.534. The van der Waals surface area contributed by atoms with E-state index in [0.29, 0.717) is 37.3 Å². The molecule has 0 bridgehead atoms. The number of nitrogen functional groups attached to an aromatic ring is 1. The summed E-state index contributed by atoms with van der Waals surface area (Å²) in [4.78, 5) is 37.7. The van der Waals surface area contributed by atoms with E-state index in [2.05, 4.69) is 0 Å². The van der Waals surface area contributed by atoms with Crippen molar-refractivity contribution in [3.05, 3.63) is 35.4 Å². The molecule has 0 atom stereocenters. The molecule has 2 fully saturated rings. The number of amidine groups is 1. The van der Waals surface area contributed by atoms with Gasteiger partial charge in [-0.15, -0.1) is 0 Å². The number of nitrogens with zero attached hydrogens (tertiary/aromatic N) is 2. The third-order valence-electron chi connectivity index (χ3n) is 5.03. The lowest BCUT2D eigenvalue weighted by Crippen LogP contribution is -2.51. The minimum atomic E-state index is -0.833. The van der Waals surface area contributed by atoms with Gasteiger partial charge in [0.1, 0.15) is 5.84 Å². The highest BCUT2D eigenvalue weighted by Gasteiger charge is 2.30. The molecule has 0 radical (unpaired) electrons. The van der Waals surface area contributed by atoms with Crippen LogP contribution in [0.5, 0.6) is 0 Å². The number of hydrogen-bond acceptors (Lipinski definition) is 4. The number of carboxylic acids is 1. The molecule has 1 aromatic carbocycles. The normalized spacial score (nSPS) is 16.9. The van der Waals surface area contributed by atoms with Gasteiger partial charge in [0.2, 0.25) is 5.91 Å². The second-order valence-electron chi connectivity index (χ2n) is 7.11. The van der Waals surface area contributed by atoms with Crippen molar-refractivity contribution in [2.45, 2.75) is 32.6 Å². The van der Waals surface area contributed by atoms with E-state index in [4.69, 9.17) is 21.0 Å². The Morgan fingerprint density at radius 2 is 1.39 bits per heavy atom. The molecule has 3 rings (SSSR count). The van der Waals surface area contributed by atoms with Crippen LogP contribution in [-0.4, -0.2) is 64.7 Å². The Bertz CT molecular complexity index is 714. The van der Waals surface area contributed by atoms with E-state index >= 15 is 0 Å². The number of carbonyl (C=O) groups excluding carboxylic acids is 2. The fourth-order valence-corrected chi connectivity index (χ4v) is 3.54. The smallest absolute Gasteiger partial charge is 0.300 e. The molecule has 0 aromatic heterocycles. The molecule has 1 heterocycles. The van der Waals surface area contributed by atoms with Crippen LogP contribution in [-0.2, 0) is 9.59 Å². The Hall–Kier alpha value is -2.90. The summed E-state index contributed by atoms with van der Waals surface area (Å²) in [5.41, 5.74) is 6.63. The number of amides is 2. The summed E-state index contributed by atoms with van der Waals surface area (Å²) in [7, 11) is 0. The summed E-state index contributed by atoms with van der Waals surface area (Å²) >= 11 is 0. The lowest BCUT2D eigenvalue weighted by Gasteiger charge is -2.36. The van der Waals surface area contributed by atoms with Crippen LogP contribution in [0.15, 0.2) is 24.3 Å². The fourth-order valence-electron chi connectivity index (χ4n) is 3.54. The third-order valence-corrected chi connectivity index (χ3v) is 5.03.